The smallest absolute Gasteiger partial charge is 0.235 e. The number of sulfonamides is 1. The molecule has 25 heavy (non-hydrogen) atoms. The molecule has 1 heterocycles. The van der Waals surface area contributed by atoms with Gasteiger partial charge in [-0.05, 0) is 54.8 Å². The molecule has 1 aliphatic rings. The van der Waals surface area contributed by atoms with Gasteiger partial charge in [-0.3, -0.25) is 9.10 Å². The maximum absolute atomic E-state index is 12.1. The van der Waals surface area contributed by atoms with Gasteiger partial charge in [0.05, 0.1) is 11.4 Å². The van der Waals surface area contributed by atoms with Gasteiger partial charge in [-0.1, -0.05) is 23.7 Å². The van der Waals surface area contributed by atoms with E-state index in [0.29, 0.717) is 42.2 Å². The number of hydrogen-bond donors (Lipinski definition) is 1. The molecule has 1 fully saturated rings. The summed E-state index contributed by atoms with van der Waals surface area (Å²) in [7, 11) is -3.18. The molecule has 5 nitrogen and oxygen atoms in total. The first-order valence-corrected chi connectivity index (χ1v) is 10.1. The Morgan fingerprint density at radius 3 is 2.56 bits per heavy atom. The van der Waals surface area contributed by atoms with Crippen LogP contribution in [0.15, 0.2) is 48.5 Å². The maximum atomic E-state index is 12.1. The summed E-state index contributed by atoms with van der Waals surface area (Å²) in [6.07, 6.45) is 1.60. The highest BCUT2D eigenvalue weighted by Gasteiger charge is 2.28. The molecule has 1 aliphatic heterocycles. The second-order valence-electron chi connectivity index (χ2n) is 5.97. The first-order valence-electron chi connectivity index (χ1n) is 8.09. The summed E-state index contributed by atoms with van der Waals surface area (Å²) in [5.41, 5.74) is 2.29. The average Bonchev–Trinajstić information content (AvgIpc) is 2.93. The number of hydrogen-bond acceptors (Lipinski definition) is 3. The Morgan fingerprint density at radius 2 is 1.92 bits per heavy atom. The summed E-state index contributed by atoms with van der Waals surface area (Å²) in [4.78, 5) is 12.1. The van der Waals surface area contributed by atoms with Crippen LogP contribution in [0.4, 0.5) is 11.4 Å². The Labute approximate surface area is 152 Å². The lowest BCUT2D eigenvalue weighted by molar-refractivity contribution is -0.116. The molecule has 1 amide bonds. The van der Waals surface area contributed by atoms with Crippen LogP contribution in [0.2, 0.25) is 5.02 Å². The molecule has 0 unspecified atom stereocenters. The summed E-state index contributed by atoms with van der Waals surface area (Å²) in [6.45, 7) is 0.508. The molecule has 1 saturated heterocycles. The molecule has 0 saturated carbocycles. The number of anilines is 2. The van der Waals surface area contributed by atoms with Crippen LogP contribution >= 0.6 is 11.6 Å². The van der Waals surface area contributed by atoms with Crippen molar-refractivity contribution in [3.8, 4) is 0 Å². The molecule has 7 heteroatoms. The van der Waals surface area contributed by atoms with Crippen molar-refractivity contribution in [1.82, 2.24) is 0 Å². The second kappa shape index (κ2) is 7.45. The van der Waals surface area contributed by atoms with Gasteiger partial charge in [0.2, 0.25) is 15.9 Å². The third-order valence-corrected chi connectivity index (χ3v) is 6.17. The maximum Gasteiger partial charge on any atom is 0.235 e. The molecule has 1 N–H and O–H groups in total. The zero-order valence-electron chi connectivity index (χ0n) is 13.6. The van der Waals surface area contributed by atoms with Crippen LogP contribution in [0.3, 0.4) is 0 Å². The number of nitrogens with one attached hydrogen (secondary N) is 1. The Balaban J connectivity index is 1.57. The third-order valence-electron chi connectivity index (χ3n) is 4.07. The van der Waals surface area contributed by atoms with E-state index in [1.165, 1.54) is 4.31 Å². The van der Waals surface area contributed by atoms with Crippen LogP contribution in [0.1, 0.15) is 18.4 Å². The monoisotopic (exact) mass is 378 g/mol. The predicted octanol–water partition coefficient (Wildman–Crippen LogP) is 3.45. The van der Waals surface area contributed by atoms with Gasteiger partial charge in [0.1, 0.15) is 0 Å². The number of rotatable bonds is 5. The number of nitrogens with zero attached hydrogens (tertiary/aromatic N) is 1. The first kappa shape index (κ1) is 17.8. The van der Waals surface area contributed by atoms with Crippen molar-refractivity contribution in [3.63, 3.8) is 0 Å². The van der Waals surface area contributed by atoms with Gasteiger partial charge < -0.3 is 5.32 Å². The van der Waals surface area contributed by atoms with Crippen molar-refractivity contribution in [3.05, 3.63) is 59.1 Å². The zero-order chi connectivity index (χ0) is 17.9. The minimum Gasteiger partial charge on any atom is -0.326 e. The van der Waals surface area contributed by atoms with Gasteiger partial charge in [0, 0.05) is 23.7 Å². The van der Waals surface area contributed by atoms with Crippen molar-refractivity contribution < 1.29 is 13.2 Å². The number of carbonyl (C=O) groups excluding carboxylic acids is 1. The lowest BCUT2D eigenvalue weighted by Crippen LogP contribution is -2.25. The molecule has 132 valence electrons. The topological polar surface area (TPSA) is 66.5 Å². The Morgan fingerprint density at radius 1 is 1.16 bits per heavy atom. The number of aryl methyl sites for hydroxylation is 1. The van der Waals surface area contributed by atoms with E-state index < -0.39 is 10.0 Å². The molecule has 0 atom stereocenters. The lowest BCUT2D eigenvalue weighted by Gasteiger charge is -2.17. The van der Waals surface area contributed by atoms with Crippen molar-refractivity contribution in [2.24, 2.45) is 0 Å². The minimum atomic E-state index is -3.18. The predicted molar refractivity (Wildman–Crippen MR) is 101 cm³/mol. The summed E-state index contributed by atoms with van der Waals surface area (Å²) in [5.74, 6) is 0.0937. The largest absolute Gasteiger partial charge is 0.326 e. The quantitative estimate of drug-likeness (QED) is 0.866. The second-order valence-corrected chi connectivity index (χ2v) is 8.42. The van der Waals surface area contributed by atoms with E-state index in [1.807, 2.05) is 18.2 Å². The molecule has 3 rings (SSSR count). The zero-order valence-corrected chi connectivity index (χ0v) is 15.2. The van der Waals surface area contributed by atoms with E-state index in [-0.39, 0.29) is 11.7 Å². The third kappa shape index (κ3) is 4.52. The van der Waals surface area contributed by atoms with Crippen molar-refractivity contribution in [2.45, 2.75) is 19.3 Å². The molecule has 0 aliphatic carbocycles. The summed E-state index contributed by atoms with van der Waals surface area (Å²) in [5, 5.41) is 3.48. The first-order chi connectivity index (χ1) is 11.9. The van der Waals surface area contributed by atoms with Crippen LogP contribution in [0.25, 0.3) is 0 Å². The van der Waals surface area contributed by atoms with E-state index in [0.717, 1.165) is 5.56 Å². The molecule has 0 aromatic heterocycles. The van der Waals surface area contributed by atoms with Crippen molar-refractivity contribution in [2.75, 3.05) is 21.9 Å². The fourth-order valence-corrected chi connectivity index (χ4v) is 4.59. The van der Waals surface area contributed by atoms with Gasteiger partial charge >= 0.3 is 0 Å². The van der Waals surface area contributed by atoms with Crippen LogP contribution in [0.5, 0.6) is 0 Å². The Kier molecular flexibility index (Phi) is 5.30. The van der Waals surface area contributed by atoms with Gasteiger partial charge in [-0.15, -0.1) is 0 Å². The van der Waals surface area contributed by atoms with Crippen molar-refractivity contribution in [1.29, 1.82) is 0 Å². The number of benzene rings is 2. The van der Waals surface area contributed by atoms with E-state index in [4.69, 9.17) is 11.6 Å². The highest BCUT2D eigenvalue weighted by Crippen LogP contribution is 2.25. The van der Waals surface area contributed by atoms with E-state index in [1.54, 1.807) is 30.3 Å². The molecule has 2 aromatic rings. The highest BCUT2D eigenvalue weighted by atomic mass is 35.5. The number of halogens is 1. The molecule has 0 radical (unpaired) electrons. The number of amides is 1. The highest BCUT2D eigenvalue weighted by molar-refractivity contribution is 7.93. The molecule has 0 spiro atoms. The van der Waals surface area contributed by atoms with Crippen LogP contribution < -0.4 is 9.62 Å². The van der Waals surface area contributed by atoms with Gasteiger partial charge in [-0.25, -0.2) is 8.42 Å². The van der Waals surface area contributed by atoms with Gasteiger partial charge in [0.25, 0.3) is 0 Å². The van der Waals surface area contributed by atoms with Gasteiger partial charge in [0.15, 0.2) is 0 Å². The van der Waals surface area contributed by atoms with Crippen molar-refractivity contribution >= 4 is 38.9 Å². The molecule has 0 bridgehead atoms. The fourth-order valence-electron chi connectivity index (χ4n) is 2.81. The van der Waals surface area contributed by atoms with E-state index in [9.17, 15) is 13.2 Å². The summed E-state index contributed by atoms with van der Waals surface area (Å²) >= 11 is 5.93. The lowest BCUT2D eigenvalue weighted by atomic mass is 10.1. The van der Waals surface area contributed by atoms with E-state index >= 15 is 0 Å². The SMILES string of the molecule is O=C(CCc1cccc(Cl)c1)Nc1ccc(N2CCCS2(=O)=O)cc1. The number of carbonyl (C=O) groups is 1. The van der Waals surface area contributed by atoms with E-state index in [2.05, 4.69) is 5.32 Å². The molecular weight excluding hydrogens is 360 g/mol. The molecular formula is C18H19ClN2O3S. The van der Waals surface area contributed by atoms with Crippen LogP contribution in [-0.2, 0) is 21.2 Å². The summed E-state index contributed by atoms with van der Waals surface area (Å²) < 4.78 is 25.2. The Bertz CT molecular complexity index is 866. The standard InChI is InChI=1S/C18H19ClN2O3S/c19-15-4-1-3-14(13-15)5-10-18(22)20-16-6-8-17(9-7-16)21-11-2-12-25(21,23)24/h1,3-4,6-9,13H,2,5,10-12H2,(H,20,22). The Hall–Kier alpha value is -2.05. The minimum absolute atomic E-state index is 0.0958. The van der Waals surface area contributed by atoms with Crippen LogP contribution in [-0.4, -0.2) is 26.6 Å². The summed E-state index contributed by atoms with van der Waals surface area (Å²) in [6, 6.07) is 14.3. The van der Waals surface area contributed by atoms with Gasteiger partial charge in [-0.2, -0.15) is 0 Å². The fraction of sp³-hybridized carbons (Fsp3) is 0.278. The normalized spacial score (nSPS) is 16.0. The molecule has 2 aromatic carbocycles. The van der Waals surface area contributed by atoms with Crippen LogP contribution in [0, 0.1) is 0 Å². The average molecular weight is 379 g/mol.